The zero-order valence-electron chi connectivity index (χ0n) is 11.2. The molecule has 0 fully saturated rings. The summed E-state index contributed by atoms with van der Waals surface area (Å²) >= 11 is 0. The van der Waals surface area contributed by atoms with Gasteiger partial charge in [0, 0.05) is 12.5 Å². The van der Waals surface area contributed by atoms with E-state index in [1.165, 1.54) is 6.07 Å². The lowest BCUT2D eigenvalue weighted by Gasteiger charge is -2.08. The highest BCUT2D eigenvalue weighted by Crippen LogP contribution is 2.25. The molecule has 0 heterocycles. The summed E-state index contributed by atoms with van der Waals surface area (Å²) in [5.41, 5.74) is 0.398. The molecule has 0 radical (unpaired) electrons. The van der Waals surface area contributed by atoms with Gasteiger partial charge in [-0.25, -0.2) is 0 Å². The van der Waals surface area contributed by atoms with Gasteiger partial charge in [-0.3, -0.25) is 4.79 Å². The average Bonchev–Trinajstić information content (AvgIpc) is 2.36. The average molecular weight is 250 g/mol. The summed E-state index contributed by atoms with van der Waals surface area (Å²) in [5, 5.41) is 9.82. The molecule has 1 aromatic carbocycles. The summed E-state index contributed by atoms with van der Waals surface area (Å²) in [6, 6.07) is 4.90. The second-order valence-corrected chi connectivity index (χ2v) is 4.41. The summed E-state index contributed by atoms with van der Waals surface area (Å²) in [5.74, 6) is 0.632. The predicted octanol–water partition coefficient (Wildman–Crippen LogP) is 3.94. The van der Waals surface area contributed by atoms with Crippen LogP contribution in [0.1, 0.15) is 56.3 Å². The van der Waals surface area contributed by atoms with Crippen molar-refractivity contribution in [3.63, 3.8) is 0 Å². The van der Waals surface area contributed by atoms with Crippen molar-refractivity contribution < 1.29 is 14.6 Å². The first-order valence-electron chi connectivity index (χ1n) is 6.68. The van der Waals surface area contributed by atoms with Crippen LogP contribution in [0.3, 0.4) is 0 Å². The SMILES string of the molecule is CCCCCC(=O)c1ccc(OCCC)cc1O. The van der Waals surface area contributed by atoms with E-state index in [0.29, 0.717) is 24.3 Å². The fourth-order valence-electron chi connectivity index (χ4n) is 1.73. The molecule has 0 aliphatic rings. The molecule has 0 aliphatic heterocycles. The summed E-state index contributed by atoms with van der Waals surface area (Å²) in [4.78, 5) is 11.9. The maximum Gasteiger partial charge on any atom is 0.166 e. The second kappa shape index (κ2) is 7.75. The molecular weight excluding hydrogens is 228 g/mol. The van der Waals surface area contributed by atoms with Crippen molar-refractivity contribution in [3.05, 3.63) is 23.8 Å². The lowest BCUT2D eigenvalue weighted by atomic mass is 10.0. The van der Waals surface area contributed by atoms with Gasteiger partial charge in [-0.1, -0.05) is 26.7 Å². The number of carbonyl (C=O) groups is 1. The minimum absolute atomic E-state index is 0.00277. The van der Waals surface area contributed by atoms with Crippen molar-refractivity contribution in [2.75, 3.05) is 6.61 Å². The van der Waals surface area contributed by atoms with Gasteiger partial charge in [0.05, 0.1) is 12.2 Å². The van der Waals surface area contributed by atoms with Crippen LogP contribution in [0.4, 0.5) is 0 Å². The van der Waals surface area contributed by atoms with Crippen LogP contribution in [0.5, 0.6) is 11.5 Å². The van der Waals surface area contributed by atoms with E-state index in [2.05, 4.69) is 6.92 Å². The van der Waals surface area contributed by atoms with Crippen LogP contribution in [0.25, 0.3) is 0 Å². The van der Waals surface area contributed by atoms with E-state index < -0.39 is 0 Å². The zero-order chi connectivity index (χ0) is 13.4. The standard InChI is InChI=1S/C15H22O3/c1-3-5-6-7-14(16)13-9-8-12(11-15(13)17)18-10-4-2/h8-9,11,17H,3-7,10H2,1-2H3. The van der Waals surface area contributed by atoms with E-state index in [9.17, 15) is 9.90 Å². The molecule has 1 rings (SSSR count). The number of carbonyl (C=O) groups excluding carboxylic acids is 1. The molecule has 3 nitrogen and oxygen atoms in total. The number of ketones is 1. The Morgan fingerprint density at radius 2 is 2.00 bits per heavy atom. The second-order valence-electron chi connectivity index (χ2n) is 4.41. The lowest BCUT2D eigenvalue weighted by Crippen LogP contribution is -2.01. The molecule has 0 amide bonds. The Labute approximate surface area is 109 Å². The Morgan fingerprint density at radius 1 is 1.22 bits per heavy atom. The molecular formula is C15H22O3. The van der Waals surface area contributed by atoms with Crippen molar-refractivity contribution in [1.29, 1.82) is 0 Å². The lowest BCUT2D eigenvalue weighted by molar-refractivity contribution is 0.0976. The fraction of sp³-hybridized carbons (Fsp3) is 0.533. The van der Waals surface area contributed by atoms with Gasteiger partial charge in [0.1, 0.15) is 11.5 Å². The third kappa shape index (κ3) is 4.40. The van der Waals surface area contributed by atoms with Gasteiger partial charge in [0.2, 0.25) is 0 Å². The molecule has 0 bridgehead atoms. The molecule has 0 aromatic heterocycles. The predicted molar refractivity (Wildman–Crippen MR) is 72.4 cm³/mol. The number of unbranched alkanes of at least 4 members (excludes halogenated alkanes) is 2. The summed E-state index contributed by atoms with van der Waals surface area (Å²) < 4.78 is 5.40. The highest BCUT2D eigenvalue weighted by molar-refractivity contribution is 5.98. The summed E-state index contributed by atoms with van der Waals surface area (Å²) in [6.45, 7) is 4.73. The van der Waals surface area contributed by atoms with E-state index in [0.717, 1.165) is 25.7 Å². The number of phenols is 1. The van der Waals surface area contributed by atoms with Crippen LogP contribution in [0, 0.1) is 0 Å². The van der Waals surface area contributed by atoms with E-state index in [-0.39, 0.29) is 11.5 Å². The number of ether oxygens (including phenoxy) is 1. The van der Waals surface area contributed by atoms with Gasteiger partial charge in [-0.05, 0) is 25.0 Å². The minimum Gasteiger partial charge on any atom is -0.507 e. The Balaban J connectivity index is 2.63. The molecule has 100 valence electrons. The molecule has 0 spiro atoms. The molecule has 0 unspecified atom stereocenters. The first kappa shape index (κ1) is 14.6. The van der Waals surface area contributed by atoms with Gasteiger partial charge >= 0.3 is 0 Å². The van der Waals surface area contributed by atoms with Crippen LogP contribution < -0.4 is 4.74 Å². The number of benzene rings is 1. The Morgan fingerprint density at radius 3 is 2.61 bits per heavy atom. The Hall–Kier alpha value is -1.51. The monoisotopic (exact) mass is 250 g/mol. The van der Waals surface area contributed by atoms with Crippen molar-refractivity contribution in [2.24, 2.45) is 0 Å². The van der Waals surface area contributed by atoms with Crippen molar-refractivity contribution >= 4 is 5.78 Å². The van der Waals surface area contributed by atoms with Crippen LogP contribution in [0.2, 0.25) is 0 Å². The zero-order valence-corrected chi connectivity index (χ0v) is 11.2. The van der Waals surface area contributed by atoms with Crippen molar-refractivity contribution in [3.8, 4) is 11.5 Å². The van der Waals surface area contributed by atoms with Gasteiger partial charge in [0.15, 0.2) is 5.78 Å². The van der Waals surface area contributed by atoms with Crippen molar-refractivity contribution in [2.45, 2.75) is 46.0 Å². The van der Waals surface area contributed by atoms with Gasteiger partial charge < -0.3 is 9.84 Å². The molecule has 0 saturated carbocycles. The minimum atomic E-state index is 0.00277. The molecule has 0 saturated heterocycles. The van der Waals surface area contributed by atoms with E-state index in [4.69, 9.17) is 4.74 Å². The quantitative estimate of drug-likeness (QED) is 0.561. The largest absolute Gasteiger partial charge is 0.507 e. The molecule has 1 aromatic rings. The summed E-state index contributed by atoms with van der Waals surface area (Å²) in [6.07, 6.45) is 4.42. The summed E-state index contributed by atoms with van der Waals surface area (Å²) in [7, 11) is 0. The fourth-order valence-corrected chi connectivity index (χ4v) is 1.73. The van der Waals surface area contributed by atoms with E-state index in [1.54, 1.807) is 12.1 Å². The van der Waals surface area contributed by atoms with E-state index >= 15 is 0 Å². The maximum absolute atomic E-state index is 11.9. The first-order valence-corrected chi connectivity index (χ1v) is 6.68. The van der Waals surface area contributed by atoms with Crippen LogP contribution in [-0.2, 0) is 0 Å². The number of aromatic hydroxyl groups is 1. The van der Waals surface area contributed by atoms with Gasteiger partial charge in [-0.2, -0.15) is 0 Å². The van der Waals surface area contributed by atoms with E-state index in [1.807, 2.05) is 6.92 Å². The molecule has 3 heteroatoms. The number of hydrogen-bond acceptors (Lipinski definition) is 3. The number of Topliss-reactive ketones (excluding diaryl/α,β-unsaturated/α-hetero) is 1. The number of phenolic OH excluding ortho intramolecular Hbond substituents is 1. The Kier molecular flexibility index (Phi) is 6.26. The molecule has 1 N–H and O–H groups in total. The molecule has 0 aliphatic carbocycles. The Bertz CT molecular complexity index is 385. The van der Waals surface area contributed by atoms with Crippen molar-refractivity contribution in [1.82, 2.24) is 0 Å². The molecule has 0 atom stereocenters. The third-order valence-electron chi connectivity index (χ3n) is 2.75. The number of hydrogen-bond donors (Lipinski definition) is 1. The highest BCUT2D eigenvalue weighted by Gasteiger charge is 2.11. The van der Waals surface area contributed by atoms with Crippen LogP contribution in [0.15, 0.2) is 18.2 Å². The number of rotatable bonds is 8. The molecule has 18 heavy (non-hydrogen) atoms. The smallest absolute Gasteiger partial charge is 0.166 e. The van der Waals surface area contributed by atoms with Crippen LogP contribution >= 0.6 is 0 Å². The van der Waals surface area contributed by atoms with Gasteiger partial charge in [0.25, 0.3) is 0 Å². The first-order chi connectivity index (χ1) is 8.69. The third-order valence-corrected chi connectivity index (χ3v) is 2.75. The van der Waals surface area contributed by atoms with Gasteiger partial charge in [-0.15, -0.1) is 0 Å². The van der Waals surface area contributed by atoms with Crippen LogP contribution in [-0.4, -0.2) is 17.5 Å². The normalized spacial score (nSPS) is 10.3. The topological polar surface area (TPSA) is 46.5 Å². The maximum atomic E-state index is 11.9. The highest BCUT2D eigenvalue weighted by atomic mass is 16.5.